The van der Waals surface area contributed by atoms with Crippen molar-refractivity contribution in [2.45, 2.75) is 32.7 Å². The summed E-state index contributed by atoms with van der Waals surface area (Å²) in [5.41, 5.74) is 0.940. The summed E-state index contributed by atoms with van der Waals surface area (Å²) in [6.45, 7) is 4.33. The minimum absolute atomic E-state index is 0.0762. The first-order valence-electron chi connectivity index (χ1n) is 7.05. The van der Waals surface area contributed by atoms with Crippen molar-refractivity contribution >= 4 is 23.2 Å². The van der Waals surface area contributed by atoms with Crippen LogP contribution in [0.5, 0.6) is 0 Å². The van der Waals surface area contributed by atoms with Crippen LogP contribution in [0.4, 0.5) is 15.8 Å². The topological polar surface area (TPSA) is 61.4 Å². The third-order valence-corrected chi connectivity index (χ3v) is 3.59. The quantitative estimate of drug-likeness (QED) is 0.898. The van der Waals surface area contributed by atoms with E-state index in [0.29, 0.717) is 24.5 Å². The Morgan fingerprint density at radius 2 is 1.90 bits per heavy atom. The number of carbonyl (C=O) groups excluding carboxylic acids is 2. The number of nitrogens with zero attached hydrogens (tertiary/aromatic N) is 1. The lowest BCUT2D eigenvalue weighted by Crippen LogP contribution is -2.41. The lowest BCUT2D eigenvalue weighted by Gasteiger charge is -2.32. The third-order valence-electron chi connectivity index (χ3n) is 3.59. The van der Waals surface area contributed by atoms with Crippen LogP contribution >= 0.6 is 0 Å². The Morgan fingerprint density at radius 1 is 1.24 bits per heavy atom. The number of halogens is 1. The largest absolute Gasteiger partial charge is 0.380 e. The van der Waals surface area contributed by atoms with E-state index in [2.05, 4.69) is 10.6 Å². The maximum absolute atomic E-state index is 13.8. The van der Waals surface area contributed by atoms with Crippen LogP contribution < -0.4 is 10.6 Å². The van der Waals surface area contributed by atoms with Crippen molar-refractivity contribution in [3.05, 3.63) is 24.0 Å². The van der Waals surface area contributed by atoms with Gasteiger partial charge < -0.3 is 15.5 Å². The first-order chi connectivity index (χ1) is 9.95. The normalized spacial score (nSPS) is 15.7. The molecule has 114 valence electrons. The van der Waals surface area contributed by atoms with Gasteiger partial charge in [0.15, 0.2) is 0 Å². The molecule has 0 aromatic heterocycles. The van der Waals surface area contributed by atoms with Gasteiger partial charge in [0.25, 0.3) is 0 Å². The average Bonchev–Trinajstić information content (AvgIpc) is 2.42. The molecule has 1 aromatic carbocycles. The zero-order valence-electron chi connectivity index (χ0n) is 12.3. The molecule has 1 heterocycles. The number of amides is 2. The van der Waals surface area contributed by atoms with Crippen LogP contribution in [0.25, 0.3) is 0 Å². The van der Waals surface area contributed by atoms with Gasteiger partial charge >= 0.3 is 0 Å². The van der Waals surface area contributed by atoms with Gasteiger partial charge in [0.2, 0.25) is 11.8 Å². The Balaban J connectivity index is 1.99. The molecule has 2 rings (SSSR count). The maximum atomic E-state index is 13.8. The number of nitrogens with one attached hydrogen (secondary N) is 2. The van der Waals surface area contributed by atoms with Gasteiger partial charge in [-0.2, -0.15) is 0 Å². The molecule has 0 bridgehead atoms. The van der Waals surface area contributed by atoms with Gasteiger partial charge in [-0.3, -0.25) is 9.59 Å². The third kappa shape index (κ3) is 4.18. The molecule has 0 unspecified atom stereocenters. The summed E-state index contributed by atoms with van der Waals surface area (Å²) in [6, 6.07) is 4.58. The Morgan fingerprint density at radius 3 is 2.48 bits per heavy atom. The van der Waals surface area contributed by atoms with E-state index in [-0.39, 0.29) is 23.7 Å². The number of hydrogen-bond donors (Lipinski definition) is 2. The molecule has 1 aliphatic rings. The summed E-state index contributed by atoms with van der Waals surface area (Å²) in [4.78, 5) is 24.1. The van der Waals surface area contributed by atoms with Gasteiger partial charge in [0.05, 0.1) is 5.69 Å². The monoisotopic (exact) mass is 293 g/mol. The number of likely N-dealkylation sites (tertiary alicyclic amines) is 1. The second-order valence-corrected chi connectivity index (χ2v) is 5.30. The first-order valence-corrected chi connectivity index (χ1v) is 7.05. The van der Waals surface area contributed by atoms with Gasteiger partial charge in [-0.1, -0.05) is 0 Å². The van der Waals surface area contributed by atoms with Crippen molar-refractivity contribution in [3.63, 3.8) is 0 Å². The number of benzene rings is 1. The smallest absolute Gasteiger partial charge is 0.221 e. The predicted molar refractivity (Wildman–Crippen MR) is 79.6 cm³/mol. The van der Waals surface area contributed by atoms with Crippen LogP contribution in [0, 0.1) is 5.82 Å². The zero-order chi connectivity index (χ0) is 15.4. The summed E-state index contributed by atoms with van der Waals surface area (Å²) in [6.07, 6.45) is 1.56. The zero-order valence-corrected chi connectivity index (χ0v) is 12.3. The SMILES string of the molecule is CC(=O)Nc1ccc(F)c(NC2CCN(C(C)=O)CC2)c1. The number of carbonyl (C=O) groups is 2. The average molecular weight is 293 g/mol. The highest BCUT2D eigenvalue weighted by molar-refractivity contribution is 5.89. The molecule has 1 fully saturated rings. The second-order valence-electron chi connectivity index (χ2n) is 5.30. The highest BCUT2D eigenvalue weighted by atomic mass is 19.1. The minimum atomic E-state index is -0.349. The van der Waals surface area contributed by atoms with Crippen molar-refractivity contribution in [2.24, 2.45) is 0 Å². The van der Waals surface area contributed by atoms with E-state index >= 15 is 0 Å². The second kappa shape index (κ2) is 6.56. The van der Waals surface area contributed by atoms with Gasteiger partial charge in [-0.05, 0) is 31.0 Å². The molecule has 0 radical (unpaired) electrons. The van der Waals surface area contributed by atoms with E-state index < -0.39 is 0 Å². The molecule has 2 N–H and O–H groups in total. The fourth-order valence-corrected chi connectivity index (χ4v) is 2.48. The van der Waals surface area contributed by atoms with E-state index in [1.165, 1.54) is 19.1 Å². The molecule has 5 nitrogen and oxygen atoms in total. The van der Waals surface area contributed by atoms with Crippen LogP contribution in [0.1, 0.15) is 26.7 Å². The molecule has 1 aromatic rings. The Labute approximate surface area is 123 Å². The van der Waals surface area contributed by atoms with Crippen molar-refractivity contribution in [1.82, 2.24) is 4.90 Å². The molecule has 0 aliphatic carbocycles. The number of piperidine rings is 1. The summed E-state index contributed by atoms with van der Waals surface area (Å²) < 4.78 is 13.8. The van der Waals surface area contributed by atoms with Crippen LogP contribution in [0.15, 0.2) is 18.2 Å². The Hall–Kier alpha value is -2.11. The summed E-state index contributed by atoms with van der Waals surface area (Å²) in [5.74, 6) is -0.465. The van der Waals surface area contributed by atoms with Gasteiger partial charge in [0.1, 0.15) is 5.82 Å². The Kier molecular flexibility index (Phi) is 4.77. The first kappa shape index (κ1) is 15.3. The van der Waals surface area contributed by atoms with Crippen molar-refractivity contribution in [3.8, 4) is 0 Å². The lowest BCUT2D eigenvalue weighted by molar-refractivity contribution is -0.129. The van der Waals surface area contributed by atoms with Crippen molar-refractivity contribution in [2.75, 3.05) is 23.7 Å². The van der Waals surface area contributed by atoms with E-state index in [9.17, 15) is 14.0 Å². The fourth-order valence-electron chi connectivity index (χ4n) is 2.48. The molecule has 0 saturated carbocycles. The van der Waals surface area contributed by atoms with Crippen molar-refractivity contribution in [1.29, 1.82) is 0 Å². The molecule has 0 atom stereocenters. The van der Waals surface area contributed by atoms with Gasteiger partial charge in [0, 0.05) is 38.7 Å². The molecule has 0 spiro atoms. The van der Waals surface area contributed by atoms with E-state index in [1.807, 2.05) is 0 Å². The Bertz CT molecular complexity index is 540. The molecular formula is C15H20FN3O2. The molecule has 1 aliphatic heterocycles. The van der Waals surface area contributed by atoms with E-state index in [4.69, 9.17) is 0 Å². The van der Waals surface area contributed by atoms with Gasteiger partial charge in [-0.25, -0.2) is 4.39 Å². The fraction of sp³-hybridized carbons (Fsp3) is 0.467. The highest BCUT2D eigenvalue weighted by Crippen LogP contribution is 2.23. The summed E-state index contributed by atoms with van der Waals surface area (Å²) >= 11 is 0. The maximum Gasteiger partial charge on any atom is 0.221 e. The molecule has 2 amide bonds. The van der Waals surface area contributed by atoms with Crippen LogP contribution in [-0.4, -0.2) is 35.8 Å². The minimum Gasteiger partial charge on any atom is -0.380 e. The predicted octanol–water partition coefficient (Wildman–Crippen LogP) is 2.21. The molecule has 21 heavy (non-hydrogen) atoms. The number of hydrogen-bond acceptors (Lipinski definition) is 3. The van der Waals surface area contributed by atoms with Crippen LogP contribution in [-0.2, 0) is 9.59 Å². The van der Waals surface area contributed by atoms with Crippen molar-refractivity contribution < 1.29 is 14.0 Å². The summed E-state index contributed by atoms with van der Waals surface area (Å²) in [5, 5.41) is 5.79. The molecular weight excluding hydrogens is 273 g/mol. The summed E-state index contributed by atoms with van der Waals surface area (Å²) in [7, 11) is 0. The standard InChI is InChI=1S/C15H20FN3O2/c1-10(20)17-13-3-4-14(16)15(9-13)18-12-5-7-19(8-6-12)11(2)21/h3-4,9,12,18H,5-8H2,1-2H3,(H,17,20). The lowest BCUT2D eigenvalue weighted by atomic mass is 10.0. The molecule has 1 saturated heterocycles. The van der Waals surface area contributed by atoms with Crippen LogP contribution in [0.3, 0.4) is 0 Å². The van der Waals surface area contributed by atoms with E-state index in [1.54, 1.807) is 17.9 Å². The van der Waals surface area contributed by atoms with E-state index in [0.717, 1.165) is 12.8 Å². The number of rotatable bonds is 3. The van der Waals surface area contributed by atoms with Crippen LogP contribution in [0.2, 0.25) is 0 Å². The highest BCUT2D eigenvalue weighted by Gasteiger charge is 2.21. The number of anilines is 2. The molecule has 6 heteroatoms. The van der Waals surface area contributed by atoms with Gasteiger partial charge in [-0.15, -0.1) is 0 Å².